The minimum atomic E-state index is -0.112. The zero-order valence-corrected chi connectivity index (χ0v) is 12.4. The molecule has 1 aromatic rings. The first-order chi connectivity index (χ1) is 9.69. The first kappa shape index (κ1) is 14.9. The Kier molecular flexibility index (Phi) is 5.41. The van der Waals surface area contributed by atoms with Gasteiger partial charge in [-0.05, 0) is 44.0 Å². The second-order valence-corrected chi connectivity index (χ2v) is 5.60. The number of amides is 2. The first-order valence-electron chi connectivity index (χ1n) is 7.51. The Bertz CT molecular complexity index is 426. The number of urea groups is 1. The average Bonchev–Trinajstić information content (AvgIpc) is 2.41. The molecule has 0 bridgehead atoms. The van der Waals surface area contributed by atoms with Gasteiger partial charge in [-0.25, -0.2) is 4.79 Å². The molecule has 0 radical (unpaired) electrons. The van der Waals surface area contributed by atoms with Crippen LogP contribution in [0.4, 0.5) is 10.5 Å². The summed E-state index contributed by atoms with van der Waals surface area (Å²) in [6.07, 6.45) is 5.11. The molecule has 1 aromatic carbocycles. The summed E-state index contributed by atoms with van der Waals surface area (Å²) in [4.78, 5) is 11.7. The van der Waals surface area contributed by atoms with E-state index in [2.05, 4.69) is 22.9 Å². The fourth-order valence-corrected chi connectivity index (χ4v) is 2.37. The molecule has 4 nitrogen and oxygen atoms in total. The van der Waals surface area contributed by atoms with Crippen LogP contribution in [0, 0.1) is 5.92 Å². The number of hydrogen-bond donors (Lipinski definition) is 3. The van der Waals surface area contributed by atoms with Gasteiger partial charge in [0, 0.05) is 18.3 Å². The molecule has 2 rings (SSSR count). The summed E-state index contributed by atoms with van der Waals surface area (Å²) in [5.41, 5.74) is 2.04. The molecule has 0 saturated heterocycles. The van der Waals surface area contributed by atoms with Gasteiger partial charge in [0.05, 0.1) is 0 Å². The van der Waals surface area contributed by atoms with Gasteiger partial charge in [0.15, 0.2) is 0 Å². The highest BCUT2D eigenvalue weighted by molar-refractivity contribution is 5.89. The Morgan fingerprint density at radius 1 is 1.30 bits per heavy atom. The van der Waals surface area contributed by atoms with E-state index in [1.807, 2.05) is 31.3 Å². The predicted molar refractivity (Wildman–Crippen MR) is 82.9 cm³/mol. The van der Waals surface area contributed by atoms with Gasteiger partial charge >= 0.3 is 6.03 Å². The standard InChI is InChI=1S/C16H25N3O/c1-12(17-2)14-6-8-15(9-7-14)19-16(20)18-11-10-13-4-3-5-13/h6-9,12-13,17H,3-5,10-11H2,1-2H3,(H2,18,19,20). The normalized spacial score (nSPS) is 16.3. The molecule has 1 fully saturated rings. The summed E-state index contributed by atoms with van der Waals surface area (Å²) in [7, 11) is 1.94. The molecule has 20 heavy (non-hydrogen) atoms. The minimum absolute atomic E-state index is 0.112. The van der Waals surface area contributed by atoms with Crippen LogP contribution in [0.15, 0.2) is 24.3 Å². The average molecular weight is 275 g/mol. The molecule has 1 aliphatic carbocycles. The van der Waals surface area contributed by atoms with Gasteiger partial charge in [0.1, 0.15) is 0 Å². The van der Waals surface area contributed by atoms with Gasteiger partial charge in [0.2, 0.25) is 0 Å². The Balaban J connectivity index is 1.72. The Hall–Kier alpha value is -1.55. The van der Waals surface area contributed by atoms with Crippen LogP contribution in [-0.2, 0) is 0 Å². The van der Waals surface area contributed by atoms with Crippen LogP contribution in [0.25, 0.3) is 0 Å². The lowest BCUT2D eigenvalue weighted by Gasteiger charge is -2.25. The lowest BCUT2D eigenvalue weighted by atomic mass is 9.83. The number of hydrogen-bond acceptors (Lipinski definition) is 2. The van der Waals surface area contributed by atoms with E-state index in [1.165, 1.54) is 24.8 Å². The van der Waals surface area contributed by atoms with Gasteiger partial charge in [-0.15, -0.1) is 0 Å². The summed E-state index contributed by atoms with van der Waals surface area (Å²) in [5, 5.41) is 8.97. The highest BCUT2D eigenvalue weighted by Crippen LogP contribution is 2.28. The topological polar surface area (TPSA) is 53.2 Å². The van der Waals surface area contributed by atoms with Crippen molar-refractivity contribution in [2.45, 2.75) is 38.6 Å². The SMILES string of the molecule is CNC(C)c1ccc(NC(=O)NCCC2CCC2)cc1. The Labute approximate surface area is 121 Å². The van der Waals surface area contributed by atoms with Crippen molar-refractivity contribution in [3.63, 3.8) is 0 Å². The zero-order chi connectivity index (χ0) is 14.4. The van der Waals surface area contributed by atoms with E-state index >= 15 is 0 Å². The third kappa shape index (κ3) is 4.23. The van der Waals surface area contributed by atoms with E-state index in [9.17, 15) is 4.79 Å². The summed E-state index contributed by atoms with van der Waals surface area (Å²) in [6.45, 7) is 2.88. The second-order valence-electron chi connectivity index (χ2n) is 5.60. The highest BCUT2D eigenvalue weighted by Gasteiger charge is 2.16. The third-order valence-corrected chi connectivity index (χ3v) is 4.16. The van der Waals surface area contributed by atoms with E-state index in [4.69, 9.17) is 0 Å². The van der Waals surface area contributed by atoms with Crippen LogP contribution < -0.4 is 16.0 Å². The van der Waals surface area contributed by atoms with Crippen molar-refractivity contribution in [1.82, 2.24) is 10.6 Å². The smallest absolute Gasteiger partial charge is 0.319 e. The van der Waals surface area contributed by atoms with Crippen molar-refractivity contribution in [1.29, 1.82) is 0 Å². The molecule has 110 valence electrons. The number of anilines is 1. The van der Waals surface area contributed by atoms with Gasteiger partial charge < -0.3 is 16.0 Å². The summed E-state index contributed by atoms with van der Waals surface area (Å²) in [5.74, 6) is 0.831. The highest BCUT2D eigenvalue weighted by atomic mass is 16.2. The van der Waals surface area contributed by atoms with Crippen LogP contribution >= 0.6 is 0 Å². The number of carbonyl (C=O) groups is 1. The van der Waals surface area contributed by atoms with Gasteiger partial charge in [-0.3, -0.25) is 0 Å². The summed E-state index contributed by atoms with van der Waals surface area (Å²) < 4.78 is 0. The maximum atomic E-state index is 11.7. The lowest BCUT2D eigenvalue weighted by molar-refractivity contribution is 0.247. The molecule has 3 N–H and O–H groups in total. The van der Waals surface area contributed by atoms with E-state index in [0.29, 0.717) is 6.04 Å². The van der Waals surface area contributed by atoms with Gasteiger partial charge in [-0.2, -0.15) is 0 Å². The monoisotopic (exact) mass is 275 g/mol. The molecule has 1 saturated carbocycles. The maximum absolute atomic E-state index is 11.7. The molecule has 1 aliphatic rings. The number of rotatable bonds is 6. The second kappa shape index (κ2) is 7.29. The Morgan fingerprint density at radius 3 is 2.55 bits per heavy atom. The van der Waals surface area contributed by atoms with Crippen LogP contribution in [0.5, 0.6) is 0 Å². The van der Waals surface area contributed by atoms with Crippen molar-refractivity contribution < 1.29 is 4.79 Å². The molecule has 4 heteroatoms. The molecule has 1 unspecified atom stereocenters. The lowest BCUT2D eigenvalue weighted by Crippen LogP contribution is -2.31. The summed E-state index contributed by atoms with van der Waals surface area (Å²) >= 11 is 0. The quantitative estimate of drug-likeness (QED) is 0.746. The Morgan fingerprint density at radius 2 is 2.00 bits per heavy atom. The third-order valence-electron chi connectivity index (χ3n) is 4.16. The van der Waals surface area contributed by atoms with E-state index < -0.39 is 0 Å². The molecular formula is C16H25N3O. The van der Waals surface area contributed by atoms with Crippen molar-refractivity contribution in [3.8, 4) is 0 Å². The molecule has 1 atom stereocenters. The molecule has 0 heterocycles. The van der Waals surface area contributed by atoms with E-state index in [0.717, 1.165) is 24.6 Å². The summed E-state index contributed by atoms with van der Waals surface area (Å²) in [6, 6.07) is 8.15. The zero-order valence-electron chi connectivity index (χ0n) is 12.4. The molecule has 0 aromatic heterocycles. The van der Waals surface area contributed by atoms with Crippen molar-refractivity contribution in [2.75, 3.05) is 18.9 Å². The molecule has 0 aliphatic heterocycles. The van der Waals surface area contributed by atoms with Crippen molar-refractivity contribution in [2.24, 2.45) is 5.92 Å². The van der Waals surface area contributed by atoms with E-state index in [1.54, 1.807) is 0 Å². The number of carbonyl (C=O) groups excluding carboxylic acids is 1. The predicted octanol–water partition coefficient (Wildman–Crippen LogP) is 3.28. The fraction of sp³-hybridized carbons (Fsp3) is 0.562. The molecule has 0 spiro atoms. The van der Waals surface area contributed by atoms with E-state index in [-0.39, 0.29) is 6.03 Å². The van der Waals surface area contributed by atoms with Crippen molar-refractivity contribution in [3.05, 3.63) is 29.8 Å². The van der Waals surface area contributed by atoms with Crippen molar-refractivity contribution >= 4 is 11.7 Å². The maximum Gasteiger partial charge on any atom is 0.319 e. The van der Waals surface area contributed by atoms with Crippen LogP contribution in [-0.4, -0.2) is 19.6 Å². The number of benzene rings is 1. The van der Waals surface area contributed by atoms with Crippen LogP contribution in [0.2, 0.25) is 0 Å². The first-order valence-corrected chi connectivity index (χ1v) is 7.51. The van der Waals surface area contributed by atoms with Crippen LogP contribution in [0.3, 0.4) is 0 Å². The molecule has 2 amide bonds. The molecular weight excluding hydrogens is 250 g/mol. The largest absolute Gasteiger partial charge is 0.338 e. The van der Waals surface area contributed by atoms with Crippen LogP contribution in [0.1, 0.15) is 44.2 Å². The fourth-order valence-electron chi connectivity index (χ4n) is 2.37. The minimum Gasteiger partial charge on any atom is -0.338 e. The van der Waals surface area contributed by atoms with Gasteiger partial charge in [-0.1, -0.05) is 31.4 Å². The number of nitrogens with one attached hydrogen (secondary N) is 3. The van der Waals surface area contributed by atoms with Gasteiger partial charge in [0.25, 0.3) is 0 Å².